The molecule has 1 heteroatoms. The lowest BCUT2D eigenvalue weighted by atomic mass is 9.80. The third-order valence-electron chi connectivity index (χ3n) is 6.24. The maximum absolute atomic E-state index is 6.04. The molecule has 0 radical (unpaired) electrons. The number of unbranched alkanes of at least 4 members (excludes halogenated alkanes) is 2. The Hall–Kier alpha value is -1.76. The zero-order valence-corrected chi connectivity index (χ0v) is 18.0. The monoisotopic (exact) mass is 378 g/mol. The molecule has 2 unspecified atom stereocenters. The van der Waals surface area contributed by atoms with Crippen LogP contribution in [0.4, 0.5) is 0 Å². The Morgan fingerprint density at radius 3 is 2.36 bits per heavy atom. The summed E-state index contributed by atoms with van der Waals surface area (Å²) in [5.41, 5.74) is 4.70. The summed E-state index contributed by atoms with van der Waals surface area (Å²) in [6, 6.07) is 8.64. The number of hydrogen-bond acceptors (Lipinski definition) is 1. The molecule has 0 N–H and O–H groups in total. The maximum Gasteiger partial charge on any atom is 0.119 e. The van der Waals surface area contributed by atoms with Crippen molar-refractivity contribution in [3.05, 3.63) is 65.3 Å². The van der Waals surface area contributed by atoms with Crippen LogP contribution in [-0.2, 0) is 6.42 Å². The van der Waals surface area contributed by atoms with Crippen LogP contribution in [0.5, 0.6) is 5.75 Å². The van der Waals surface area contributed by atoms with Crippen LogP contribution in [0.3, 0.4) is 0 Å². The molecule has 152 valence electrons. The van der Waals surface area contributed by atoms with Crippen molar-refractivity contribution in [3.8, 4) is 5.75 Å². The first-order valence-electron chi connectivity index (χ1n) is 11.6. The zero-order chi connectivity index (χ0) is 19.6. The van der Waals surface area contributed by atoms with Gasteiger partial charge in [0.1, 0.15) is 5.75 Å². The van der Waals surface area contributed by atoms with Gasteiger partial charge in [-0.1, -0.05) is 80.7 Å². The second-order valence-electron chi connectivity index (χ2n) is 8.56. The number of benzene rings is 1. The average Bonchev–Trinajstić information content (AvgIpc) is 2.75. The van der Waals surface area contributed by atoms with E-state index in [4.69, 9.17) is 4.74 Å². The highest BCUT2D eigenvalue weighted by atomic mass is 16.5. The molecule has 1 aromatic carbocycles. The second kappa shape index (κ2) is 11.3. The van der Waals surface area contributed by atoms with E-state index in [-0.39, 0.29) is 0 Å². The van der Waals surface area contributed by atoms with Crippen molar-refractivity contribution in [2.75, 3.05) is 6.61 Å². The highest BCUT2D eigenvalue weighted by molar-refractivity contribution is 5.29. The molecule has 0 saturated heterocycles. The van der Waals surface area contributed by atoms with E-state index in [2.05, 4.69) is 62.4 Å². The standard InChI is InChI=1S/C27H38O/c1-3-5-6-8-23-9-15-25(16-10-23)26-17-11-24(12-18-26)21-28-27-19-13-22(7-4-2)14-20-27/h9,11,13-15,17,19-20,24,26H,3-8,10,12,16,18,21H2,1-2H3. The van der Waals surface area contributed by atoms with Crippen LogP contribution in [0.15, 0.2) is 59.7 Å². The molecular weight excluding hydrogens is 340 g/mol. The fraction of sp³-hybridized carbons (Fsp3) is 0.556. The van der Waals surface area contributed by atoms with Crippen LogP contribution in [0.25, 0.3) is 0 Å². The number of allylic oxidation sites excluding steroid dienone is 5. The smallest absolute Gasteiger partial charge is 0.119 e. The fourth-order valence-electron chi connectivity index (χ4n) is 4.39. The fourth-order valence-corrected chi connectivity index (χ4v) is 4.39. The Morgan fingerprint density at radius 2 is 1.71 bits per heavy atom. The lowest BCUT2D eigenvalue weighted by Gasteiger charge is -2.26. The van der Waals surface area contributed by atoms with Crippen LogP contribution >= 0.6 is 0 Å². The number of aryl methyl sites for hydroxylation is 1. The Kier molecular flexibility index (Phi) is 8.45. The van der Waals surface area contributed by atoms with E-state index in [0.29, 0.717) is 11.8 Å². The SMILES string of the molecule is CCCCCC1=CC=C(C2C=CC(COc3ccc(CCC)cc3)CC2)CC1. The minimum absolute atomic E-state index is 0.552. The molecule has 28 heavy (non-hydrogen) atoms. The highest BCUT2D eigenvalue weighted by Gasteiger charge is 2.20. The van der Waals surface area contributed by atoms with E-state index in [0.717, 1.165) is 18.8 Å². The summed E-state index contributed by atoms with van der Waals surface area (Å²) in [6.45, 7) is 5.31. The van der Waals surface area contributed by atoms with Crippen molar-refractivity contribution < 1.29 is 4.74 Å². The van der Waals surface area contributed by atoms with Crippen molar-refractivity contribution in [2.24, 2.45) is 11.8 Å². The van der Waals surface area contributed by atoms with Gasteiger partial charge < -0.3 is 4.74 Å². The first-order valence-corrected chi connectivity index (χ1v) is 11.6. The first kappa shape index (κ1) is 21.0. The highest BCUT2D eigenvalue weighted by Crippen LogP contribution is 2.34. The van der Waals surface area contributed by atoms with Crippen LogP contribution < -0.4 is 4.74 Å². The van der Waals surface area contributed by atoms with Crippen molar-refractivity contribution in [2.45, 2.75) is 78.1 Å². The summed E-state index contributed by atoms with van der Waals surface area (Å²) in [5.74, 6) is 2.21. The maximum atomic E-state index is 6.04. The second-order valence-corrected chi connectivity index (χ2v) is 8.56. The lowest BCUT2D eigenvalue weighted by Crippen LogP contribution is -2.17. The van der Waals surface area contributed by atoms with Gasteiger partial charge in [0.15, 0.2) is 0 Å². The molecule has 2 aliphatic carbocycles. The molecule has 0 heterocycles. The van der Waals surface area contributed by atoms with E-state index in [1.54, 1.807) is 11.1 Å². The summed E-state index contributed by atoms with van der Waals surface area (Å²) in [4.78, 5) is 0. The molecule has 2 atom stereocenters. The van der Waals surface area contributed by atoms with Crippen LogP contribution in [0, 0.1) is 11.8 Å². The Balaban J connectivity index is 1.44. The summed E-state index contributed by atoms with van der Waals surface area (Å²) >= 11 is 0. The van der Waals surface area contributed by atoms with E-state index in [1.807, 2.05) is 0 Å². The third kappa shape index (κ3) is 6.40. The minimum atomic E-state index is 0.552. The van der Waals surface area contributed by atoms with Gasteiger partial charge in [-0.2, -0.15) is 0 Å². The number of hydrogen-bond donors (Lipinski definition) is 0. The molecule has 0 saturated carbocycles. The van der Waals surface area contributed by atoms with Crippen molar-refractivity contribution in [1.82, 2.24) is 0 Å². The van der Waals surface area contributed by atoms with Gasteiger partial charge in [-0.05, 0) is 68.6 Å². The molecule has 1 nitrogen and oxygen atoms in total. The van der Waals surface area contributed by atoms with Crippen molar-refractivity contribution in [1.29, 1.82) is 0 Å². The van der Waals surface area contributed by atoms with Gasteiger partial charge in [0, 0.05) is 5.92 Å². The molecular formula is C27H38O. The van der Waals surface area contributed by atoms with E-state index >= 15 is 0 Å². The van der Waals surface area contributed by atoms with Crippen LogP contribution in [0.2, 0.25) is 0 Å². The van der Waals surface area contributed by atoms with Crippen LogP contribution in [0.1, 0.15) is 77.2 Å². The molecule has 0 bridgehead atoms. The van der Waals surface area contributed by atoms with Gasteiger partial charge >= 0.3 is 0 Å². The zero-order valence-electron chi connectivity index (χ0n) is 18.0. The van der Waals surface area contributed by atoms with E-state index in [9.17, 15) is 0 Å². The molecule has 0 aliphatic heterocycles. The minimum Gasteiger partial charge on any atom is -0.493 e. The van der Waals surface area contributed by atoms with Crippen molar-refractivity contribution >= 4 is 0 Å². The van der Waals surface area contributed by atoms with Crippen LogP contribution in [-0.4, -0.2) is 6.61 Å². The van der Waals surface area contributed by atoms with Gasteiger partial charge in [0.05, 0.1) is 6.61 Å². The number of ether oxygens (including phenoxy) is 1. The first-order chi connectivity index (χ1) is 13.8. The Labute approximate surface area is 172 Å². The lowest BCUT2D eigenvalue weighted by molar-refractivity contribution is 0.258. The summed E-state index contributed by atoms with van der Waals surface area (Å²) in [5, 5.41) is 0. The van der Waals surface area contributed by atoms with Gasteiger partial charge in [-0.15, -0.1) is 0 Å². The molecule has 0 amide bonds. The average molecular weight is 379 g/mol. The van der Waals surface area contributed by atoms with E-state index < -0.39 is 0 Å². The predicted octanol–water partition coefficient (Wildman–Crippen LogP) is 7.83. The summed E-state index contributed by atoms with van der Waals surface area (Å²) in [6.07, 6.45) is 22.4. The molecule has 0 aromatic heterocycles. The third-order valence-corrected chi connectivity index (χ3v) is 6.24. The van der Waals surface area contributed by atoms with Crippen molar-refractivity contribution in [3.63, 3.8) is 0 Å². The quantitative estimate of drug-likeness (QED) is 0.298. The number of rotatable bonds is 10. The topological polar surface area (TPSA) is 9.23 Å². The van der Waals surface area contributed by atoms with Gasteiger partial charge in [-0.25, -0.2) is 0 Å². The largest absolute Gasteiger partial charge is 0.493 e. The van der Waals surface area contributed by atoms with Gasteiger partial charge in [-0.3, -0.25) is 0 Å². The molecule has 0 spiro atoms. The Morgan fingerprint density at radius 1 is 0.857 bits per heavy atom. The summed E-state index contributed by atoms with van der Waals surface area (Å²) in [7, 11) is 0. The molecule has 2 aliphatic rings. The van der Waals surface area contributed by atoms with Gasteiger partial charge in [0.25, 0.3) is 0 Å². The predicted molar refractivity (Wildman–Crippen MR) is 121 cm³/mol. The van der Waals surface area contributed by atoms with Gasteiger partial charge in [0.2, 0.25) is 0 Å². The Bertz CT molecular complexity index is 677. The normalized spacial score (nSPS) is 21.9. The van der Waals surface area contributed by atoms with E-state index in [1.165, 1.54) is 63.4 Å². The molecule has 3 rings (SSSR count). The summed E-state index contributed by atoms with van der Waals surface area (Å²) < 4.78 is 6.04. The molecule has 1 aromatic rings. The molecule has 0 fully saturated rings.